The number of non-ortho nitro benzene ring substituents is 1. The topological polar surface area (TPSA) is 109 Å². The molecule has 3 heterocycles. The van der Waals surface area contributed by atoms with Crippen LogP contribution in [-0.4, -0.2) is 51.8 Å². The van der Waals surface area contributed by atoms with Gasteiger partial charge in [-0.05, 0) is 29.8 Å². The smallest absolute Gasteiger partial charge is 0.322 e. The fraction of sp³-hybridized carbons (Fsp3) is 0.250. The molecule has 4 rings (SSSR count). The van der Waals surface area contributed by atoms with Crippen LogP contribution in [0, 0.1) is 10.1 Å². The van der Waals surface area contributed by atoms with E-state index < -0.39 is 11.0 Å². The minimum Gasteiger partial charge on any atom is -0.333 e. The van der Waals surface area contributed by atoms with Crippen molar-refractivity contribution in [1.29, 1.82) is 0 Å². The molecule has 0 saturated heterocycles. The molecule has 9 nitrogen and oxygen atoms in total. The molecule has 9 heteroatoms. The first-order valence-corrected chi connectivity index (χ1v) is 9.16. The fourth-order valence-corrected chi connectivity index (χ4v) is 3.64. The van der Waals surface area contributed by atoms with Gasteiger partial charge in [0.05, 0.1) is 28.8 Å². The Hall–Kier alpha value is -3.75. The van der Waals surface area contributed by atoms with Crippen molar-refractivity contribution >= 4 is 17.6 Å². The zero-order valence-corrected chi connectivity index (χ0v) is 15.7. The Bertz CT molecular complexity index is 1000. The number of likely N-dealkylation sites (N-methyl/N-ethyl adjacent to an activating group) is 1. The Morgan fingerprint density at radius 3 is 2.62 bits per heavy atom. The highest BCUT2D eigenvalue weighted by Gasteiger charge is 2.42. The predicted octanol–water partition coefficient (Wildman–Crippen LogP) is 2.02. The van der Waals surface area contributed by atoms with Crippen LogP contribution >= 0.6 is 0 Å². The monoisotopic (exact) mass is 393 g/mol. The van der Waals surface area contributed by atoms with Crippen LogP contribution in [0.25, 0.3) is 0 Å². The van der Waals surface area contributed by atoms with E-state index in [1.54, 1.807) is 30.3 Å². The average Bonchev–Trinajstić information content (AvgIpc) is 3.07. The van der Waals surface area contributed by atoms with Crippen molar-refractivity contribution in [2.75, 3.05) is 20.1 Å². The summed E-state index contributed by atoms with van der Waals surface area (Å²) >= 11 is 0. The number of nitro benzene ring substituents is 1. The molecule has 0 spiro atoms. The van der Waals surface area contributed by atoms with Gasteiger partial charge in [0.15, 0.2) is 0 Å². The maximum absolute atomic E-state index is 13.1. The van der Waals surface area contributed by atoms with Crippen LogP contribution < -0.4 is 5.32 Å². The number of hydrogen-bond donors (Lipinski definition) is 1. The largest absolute Gasteiger partial charge is 0.333 e. The number of carbonyl (C=O) groups is 2. The number of rotatable bonds is 5. The zero-order chi connectivity index (χ0) is 20.5. The number of amides is 3. The van der Waals surface area contributed by atoms with Crippen molar-refractivity contribution in [3.05, 3.63) is 81.3 Å². The number of hydrogen-bond acceptors (Lipinski definition) is 5. The van der Waals surface area contributed by atoms with Gasteiger partial charge in [-0.1, -0.05) is 6.07 Å². The second-order valence-electron chi connectivity index (χ2n) is 6.95. The summed E-state index contributed by atoms with van der Waals surface area (Å²) in [7, 11) is 1.63. The van der Waals surface area contributed by atoms with E-state index in [1.165, 1.54) is 17.0 Å². The first-order valence-electron chi connectivity index (χ1n) is 9.16. The third kappa shape index (κ3) is 3.42. The molecule has 0 bridgehead atoms. The van der Waals surface area contributed by atoms with Gasteiger partial charge in [-0.15, -0.1) is 0 Å². The van der Waals surface area contributed by atoms with Crippen LogP contribution in [0.15, 0.2) is 59.9 Å². The molecule has 0 saturated carbocycles. The van der Waals surface area contributed by atoms with E-state index in [9.17, 15) is 19.7 Å². The van der Waals surface area contributed by atoms with Gasteiger partial charge >= 0.3 is 6.03 Å². The maximum atomic E-state index is 13.1. The molecule has 2 aliphatic heterocycles. The Balaban J connectivity index is 1.59. The van der Waals surface area contributed by atoms with Gasteiger partial charge in [0, 0.05) is 44.0 Å². The van der Waals surface area contributed by atoms with Gasteiger partial charge in [-0.2, -0.15) is 0 Å². The molecule has 0 aliphatic carbocycles. The highest BCUT2D eigenvalue weighted by atomic mass is 16.6. The fourth-order valence-electron chi connectivity index (χ4n) is 3.64. The number of benzene rings is 1. The van der Waals surface area contributed by atoms with Crippen LogP contribution in [0.3, 0.4) is 0 Å². The molecule has 1 atom stereocenters. The van der Waals surface area contributed by atoms with Crippen LogP contribution in [0.1, 0.15) is 17.3 Å². The summed E-state index contributed by atoms with van der Waals surface area (Å²) in [4.78, 5) is 43.4. The molecule has 3 amide bonds. The van der Waals surface area contributed by atoms with Crippen LogP contribution in [0.4, 0.5) is 10.5 Å². The Morgan fingerprint density at radius 1 is 1.21 bits per heavy atom. The number of carbonyl (C=O) groups excluding carboxylic acids is 2. The molecule has 2 aromatic rings. The summed E-state index contributed by atoms with van der Waals surface area (Å²) < 4.78 is 0. The second kappa shape index (κ2) is 7.34. The quantitative estimate of drug-likeness (QED) is 0.618. The van der Waals surface area contributed by atoms with Crippen molar-refractivity contribution in [2.45, 2.75) is 12.5 Å². The molecule has 0 unspecified atom stereocenters. The lowest BCUT2D eigenvalue weighted by Crippen LogP contribution is -2.45. The number of nitro groups is 1. The Labute approximate surface area is 166 Å². The van der Waals surface area contributed by atoms with Crippen molar-refractivity contribution in [1.82, 2.24) is 20.1 Å². The minimum absolute atomic E-state index is 0.0445. The summed E-state index contributed by atoms with van der Waals surface area (Å²) in [5.41, 5.74) is 2.63. The summed E-state index contributed by atoms with van der Waals surface area (Å²) in [6, 6.07) is 10.6. The van der Waals surface area contributed by atoms with E-state index in [0.29, 0.717) is 36.3 Å². The number of nitrogens with zero attached hydrogens (tertiary/aromatic N) is 4. The summed E-state index contributed by atoms with van der Waals surface area (Å²) in [6.07, 6.45) is 2.33. The normalized spacial score (nSPS) is 18.7. The van der Waals surface area contributed by atoms with Crippen molar-refractivity contribution < 1.29 is 14.5 Å². The van der Waals surface area contributed by atoms with Gasteiger partial charge < -0.3 is 10.2 Å². The van der Waals surface area contributed by atoms with Gasteiger partial charge in [-0.3, -0.25) is 24.8 Å². The lowest BCUT2D eigenvalue weighted by atomic mass is 9.95. The number of aromatic nitrogens is 1. The summed E-state index contributed by atoms with van der Waals surface area (Å²) in [5, 5.41) is 13.7. The highest BCUT2D eigenvalue weighted by Crippen LogP contribution is 2.36. The molecule has 0 fully saturated rings. The molecule has 148 valence electrons. The van der Waals surface area contributed by atoms with Crippen LogP contribution in [0.2, 0.25) is 0 Å². The standard InChI is InChI=1S/C20H19N5O4/c1-23-16-12-24(11-9-14-4-2-3-10-21-14)19(26)17(16)18(22-20(23)27)13-5-7-15(8-6-13)25(28)29/h2-8,10,18H,9,11-12H2,1H3,(H,22,27)/t18-/m0/s1. The minimum atomic E-state index is -0.637. The first kappa shape index (κ1) is 18.6. The molecular formula is C20H19N5O4. The molecular weight excluding hydrogens is 374 g/mol. The van der Waals surface area contributed by atoms with E-state index in [2.05, 4.69) is 10.3 Å². The van der Waals surface area contributed by atoms with Crippen molar-refractivity contribution in [2.24, 2.45) is 0 Å². The third-order valence-corrected chi connectivity index (χ3v) is 5.24. The maximum Gasteiger partial charge on any atom is 0.322 e. The van der Waals surface area contributed by atoms with Gasteiger partial charge in [0.2, 0.25) is 0 Å². The molecule has 0 radical (unpaired) electrons. The SMILES string of the molecule is CN1C(=O)N[C@@H](c2ccc([N+](=O)[O-])cc2)C2=C1CN(CCc1ccccn1)C2=O. The number of urea groups is 1. The van der Waals surface area contributed by atoms with E-state index in [1.807, 2.05) is 18.2 Å². The van der Waals surface area contributed by atoms with E-state index in [0.717, 1.165) is 5.69 Å². The molecule has 1 aromatic heterocycles. The Morgan fingerprint density at radius 2 is 1.97 bits per heavy atom. The van der Waals surface area contributed by atoms with E-state index in [4.69, 9.17) is 0 Å². The predicted molar refractivity (Wildman–Crippen MR) is 104 cm³/mol. The van der Waals surface area contributed by atoms with E-state index in [-0.39, 0.29) is 17.6 Å². The number of pyridine rings is 1. The molecule has 1 N–H and O–H groups in total. The van der Waals surface area contributed by atoms with Crippen LogP contribution in [0.5, 0.6) is 0 Å². The summed E-state index contributed by atoms with van der Waals surface area (Å²) in [5.74, 6) is -0.147. The molecule has 1 aromatic carbocycles. The van der Waals surface area contributed by atoms with Gasteiger partial charge in [0.25, 0.3) is 11.6 Å². The lowest BCUT2D eigenvalue weighted by molar-refractivity contribution is -0.384. The first-order chi connectivity index (χ1) is 14.0. The van der Waals surface area contributed by atoms with Crippen molar-refractivity contribution in [3.63, 3.8) is 0 Å². The highest BCUT2D eigenvalue weighted by molar-refractivity contribution is 6.01. The van der Waals surface area contributed by atoms with Crippen LogP contribution in [-0.2, 0) is 11.2 Å². The third-order valence-electron chi connectivity index (χ3n) is 5.24. The average molecular weight is 393 g/mol. The lowest BCUT2D eigenvalue weighted by Gasteiger charge is -2.31. The zero-order valence-electron chi connectivity index (χ0n) is 15.7. The molecule has 2 aliphatic rings. The van der Waals surface area contributed by atoms with E-state index >= 15 is 0 Å². The Kier molecular flexibility index (Phi) is 4.71. The summed E-state index contributed by atoms with van der Waals surface area (Å²) in [6.45, 7) is 0.826. The molecule has 29 heavy (non-hydrogen) atoms. The second-order valence-corrected chi connectivity index (χ2v) is 6.95. The number of nitrogens with one attached hydrogen (secondary N) is 1. The van der Waals surface area contributed by atoms with Gasteiger partial charge in [-0.25, -0.2) is 4.79 Å². The van der Waals surface area contributed by atoms with Crippen molar-refractivity contribution in [3.8, 4) is 0 Å². The van der Waals surface area contributed by atoms with Gasteiger partial charge in [0.1, 0.15) is 0 Å².